The lowest BCUT2D eigenvalue weighted by atomic mass is 10.1. The fourth-order valence-electron chi connectivity index (χ4n) is 3.59. The summed E-state index contributed by atoms with van der Waals surface area (Å²) in [5.41, 5.74) is 1.83. The van der Waals surface area contributed by atoms with Crippen molar-refractivity contribution in [2.24, 2.45) is 0 Å². The molecule has 0 bridgehead atoms. The van der Waals surface area contributed by atoms with Gasteiger partial charge in [0.1, 0.15) is 5.75 Å². The zero-order chi connectivity index (χ0) is 22.3. The predicted molar refractivity (Wildman–Crippen MR) is 119 cm³/mol. The van der Waals surface area contributed by atoms with Gasteiger partial charge in [0.05, 0.1) is 11.3 Å². The van der Waals surface area contributed by atoms with Gasteiger partial charge in [-0.25, -0.2) is 4.79 Å². The van der Waals surface area contributed by atoms with Crippen LogP contribution in [0.5, 0.6) is 5.75 Å². The van der Waals surface area contributed by atoms with E-state index in [2.05, 4.69) is 34.5 Å². The summed E-state index contributed by atoms with van der Waals surface area (Å²) in [6.45, 7) is 3.18. The van der Waals surface area contributed by atoms with Gasteiger partial charge in [-0.2, -0.15) is 0 Å². The summed E-state index contributed by atoms with van der Waals surface area (Å²) in [6.07, 6.45) is 4.22. The number of benzene rings is 2. The second-order valence-electron chi connectivity index (χ2n) is 7.62. The Labute approximate surface area is 186 Å². The first kappa shape index (κ1) is 21.6. The summed E-state index contributed by atoms with van der Waals surface area (Å²) in [7, 11) is 0. The van der Waals surface area contributed by atoms with Gasteiger partial charge < -0.3 is 19.7 Å². The maximum Gasteiger partial charge on any atom is 0.338 e. The molecule has 2 aromatic carbocycles. The van der Waals surface area contributed by atoms with Crippen LogP contribution in [-0.4, -0.2) is 73.5 Å². The van der Waals surface area contributed by atoms with Gasteiger partial charge >= 0.3 is 5.97 Å². The number of rotatable bonds is 6. The van der Waals surface area contributed by atoms with E-state index >= 15 is 0 Å². The molecule has 0 radical (unpaired) electrons. The van der Waals surface area contributed by atoms with Crippen molar-refractivity contribution >= 4 is 29.5 Å². The molecule has 0 aromatic heterocycles. The van der Waals surface area contributed by atoms with Crippen molar-refractivity contribution in [2.75, 3.05) is 51.3 Å². The molecule has 4 rings (SSSR count). The predicted octanol–water partition coefficient (Wildman–Crippen LogP) is 2.03. The van der Waals surface area contributed by atoms with Crippen molar-refractivity contribution in [3.05, 3.63) is 65.7 Å². The van der Waals surface area contributed by atoms with Crippen LogP contribution in [0.4, 0.5) is 5.69 Å². The minimum atomic E-state index is -0.620. The van der Waals surface area contributed by atoms with Gasteiger partial charge in [-0.15, -0.1) is 0 Å². The Balaban J connectivity index is 1.20. The number of nitrogens with zero attached hydrogens (tertiary/aromatic N) is 2. The SMILES string of the molecule is O=C1COc2ccc(C(=O)OCC(=O)N3CCN(CC=Cc4ccccc4)CC3)cc2N1. The van der Waals surface area contributed by atoms with Crippen LogP contribution < -0.4 is 10.1 Å². The number of hydrogen-bond donors (Lipinski definition) is 1. The highest BCUT2D eigenvalue weighted by Crippen LogP contribution is 2.28. The largest absolute Gasteiger partial charge is 0.482 e. The summed E-state index contributed by atoms with van der Waals surface area (Å²) in [5.74, 6) is -0.625. The van der Waals surface area contributed by atoms with E-state index in [0.717, 1.165) is 25.2 Å². The standard InChI is InChI=1S/C24H25N3O5/c28-22-16-31-21-9-8-19(15-20(21)25-22)24(30)32-17-23(29)27-13-11-26(12-14-27)10-4-7-18-5-2-1-3-6-18/h1-9,15H,10-14,16-17H2,(H,25,28). The van der Waals surface area contributed by atoms with E-state index in [1.807, 2.05) is 18.2 Å². The Morgan fingerprint density at radius 3 is 2.62 bits per heavy atom. The number of fused-ring (bicyclic) bond motifs is 1. The van der Waals surface area contributed by atoms with E-state index in [1.165, 1.54) is 6.07 Å². The van der Waals surface area contributed by atoms with Gasteiger partial charge in [0.15, 0.2) is 13.2 Å². The molecule has 2 amide bonds. The van der Waals surface area contributed by atoms with Crippen LogP contribution in [0.1, 0.15) is 15.9 Å². The first-order valence-corrected chi connectivity index (χ1v) is 10.5. The summed E-state index contributed by atoms with van der Waals surface area (Å²) >= 11 is 0. The zero-order valence-electron chi connectivity index (χ0n) is 17.7. The molecule has 2 aromatic rings. The highest BCUT2D eigenvalue weighted by atomic mass is 16.5. The minimum absolute atomic E-state index is 0.0537. The number of esters is 1. The lowest BCUT2D eigenvalue weighted by Crippen LogP contribution is -2.49. The molecule has 1 saturated heterocycles. The second kappa shape index (κ2) is 10.1. The van der Waals surface area contributed by atoms with Crippen molar-refractivity contribution in [1.82, 2.24) is 9.80 Å². The van der Waals surface area contributed by atoms with Crippen molar-refractivity contribution < 1.29 is 23.9 Å². The molecule has 0 unspecified atom stereocenters. The van der Waals surface area contributed by atoms with Gasteiger partial charge in [0.25, 0.3) is 11.8 Å². The number of carbonyl (C=O) groups is 3. The number of anilines is 1. The van der Waals surface area contributed by atoms with Crippen LogP contribution in [0, 0.1) is 0 Å². The quantitative estimate of drug-likeness (QED) is 0.699. The van der Waals surface area contributed by atoms with Crippen LogP contribution in [0.15, 0.2) is 54.6 Å². The van der Waals surface area contributed by atoms with E-state index < -0.39 is 5.97 Å². The van der Waals surface area contributed by atoms with Crippen molar-refractivity contribution in [3.63, 3.8) is 0 Å². The molecule has 0 aliphatic carbocycles. The van der Waals surface area contributed by atoms with E-state index in [-0.39, 0.29) is 30.6 Å². The Bertz CT molecular complexity index is 1010. The first-order valence-electron chi connectivity index (χ1n) is 10.5. The normalized spacial score (nSPS) is 16.2. The van der Waals surface area contributed by atoms with Gasteiger partial charge in [-0.05, 0) is 23.8 Å². The molecule has 1 N–H and O–H groups in total. The van der Waals surface area contributed by atoms with E-state index in [9.17, 15) is 14.4 Å². The Hall–Kier alpha value is -3.65. The maximum atomic E-state index is 12.5. The third kappa shape index (κ3) is 5.53. The molecule has 2 heterocycles. The number of nitrogens with one attached hydrogen (secondary N) is 1. The third-order valence-electron chi connectivity index (χ3n) is 5.37. The van der Waals surface area contributed by atoms with E-state index in [4.69, 9.17) is 9.47 Å². The van der Waals surface area contributed by atoms with Crippen LogP contribution in [-0.2, 0) is 14.3 Å². The molecule has 2 aliphatic rings. The summed E-state index contributed by atoms with van der Waals surface area (Å²) in [4.78, 5) is 40.2. The average molecular weight is 435 g/mol. The number of piperazine rings is 1. The topological polar surface area (TPSA) is 88.2 Å². The Morgan fingerprint density at radius 2 is 1.84 bits per heavy atom. The monoisotopic (exact) mass is 435 g/mol. The Kier molecular flexibility index (Phi) is 6.81. The lowest BCUT2D eigenvalue weighted by Gasteiger charge is -2.34. The number of ether oxygens (including phenoxy) is 2. The average Bonchev–Trinajstić information content (AvgIpc) is 2.83. The fourth-order valence-corrected chi connectivity index (χ4v) is 3.59. The van der Waals surface area contributed by atoms with E-state index in [0.29, 0.717) is 24.5 Å². The molecular weight excluding hydrogens is 410 g/mol. The van der Waals surface area contributed by atoms with Crippen LogP contribution in [0.3, 0.4) is 0 Å². The zero-order valence-corrected chi connectivity index (χ0v) is 17.7. The summed E-state index contributed by atoms with van der Waals surface area (Å²) in [5, 5.41) is 2.64. The van der Waals surface area contributed by atoms with Crippen LogP contribution in [0.2, 0.25) is 0 Å². The summed E-state index contributed by atoms with van der Waals surface area (Å²) in [6, 6.07) is 14.8. The highest BCUT2D eigenvalue weighted by molar-refractivity contribution is 5.98. The number of hydrogen-bond acceptors (Lipinski definition) is 6. The highest BCUT2D eigenvalue weighted by Gasteiger charge is 2.23. The molecule has 8 heteroatoms. The molecule has 32 heavy (non-hydrogen) atoms. The van der Waals surface area contributed by atoms with Gasteiger partial charge in [0, 0.05) is 32.7 Å². The van der Waals surface area contributed by atoms with Gasteiger partial charge in [0.2, 0.25) is 0 Å². The van der Waals surface area contributed by atoms with Gasteiger partial charge in [-0.1, -0.05) is 42.5 Å². The smallest absolute Gasteiger partial charge is 0.338 e. The molecule has 8 nitrogen and oxygen atoms in total. The van der Waals surface area contributed by atoms with Gasteiger partial charge in [-0.3, -0.25) is 14.5 Å². The third-order valence-corrected chi connectivity index (χ3v) is 5.37. The minimum Gasteiger partial charge on any atom is -0.482 e. The second-order valence-corrected chi connectivity index (χ2v) is 7.62. The van der Waals surface area contributed by atoms with Crippen molar-refractivity contribution in [2.45, 2.75) is 0 Å². The van der Waals surface area contributed by atoms with E-state index in [1.54, 1.807) is 17.0 Å². The molecule has 0 atom stereocenters. The maximum absolute atomic E-state index is 12.5. The van der Waals surface area contributed by atoms with Crippen molar-refractivity contribution in [3.8, 4) is 5.75 Å². The lowest BCUT2D eigenvalue weighted by molar-refractivity contribution is -0.136. The van der Waals surface area contributed by atoms with Crippen LogP contribution in [0.25, 0.3) is 6.08 Å². The molecule has 166 valence electrons. The number of amides is 2. The molecule has 0 saturated carbocycles. The molecular formula is C24H25N3O5. The summed E-state index contributed by atoms with van der Waals surface area (Å²) < 4.78 is 10.5. The fraction of sp³-hybridized carbons (Fsp3) is 0.292. The first-order chi connectivity index (χ1) is 15.6. The molecule has 1 fully saturated rings. The molecule has 0 spiro atoms. The molecule has 2 aliphatic heterocycles. The Morgan fingerprint density at radius 1 is 1.06 bits per heavy atom. The van der Waals surface area contributed by atoms with Crippen LogP contribution >= 0.6 is 0 Å². The van der Waals surface area contributed by atoms with Crippen molar-refractivity contribution in [1.29, 1.82) is 0 Å². The number of carbonyl (C=O) groups excluding carboxylic acids is 3.